The Morgan fingerprint density at radius 3 is 3.06 bits per heavy atom. The predicted molar refractivity (Wildman–Crippen MR) is 57.8 cm³/mol. The number of nitrogens with one attached hydrogen (secondary N) is 2. The Bertz CT molecular complexity index is 548. The van der Waals surface area contributed by atoms with Crippen LogP contribution in [0.3, 0.4) is 0 Å². The molecule has 0 aromatic carbocycles. The first-order chi connectivity index (χ1) is 7.70. The second-order valence-corrected chi connectivity index (χ2v) is 3.82. The van der Waals surface area contributed by atoms with Gasteiger partial charge in [-0.15, -0.1) is 5.10 Å². The molecule has 8 nitrogen and oxygen atoms in total. The first-order valence-electron chi connectivity index (χ1n) is 4.29. The molecule has 2 rings (SSSR count). The van der Waals surface area contributed by atoms with E-state index in [0.717, 1.165) is 0 Å². The molecule has 84 valence electrons. The lowest BCUT2D eigenvalue weighted by Crippen LogP contribution is -2.13. The van der Waals surface area contributed by atoms with Crippen LogP contribution in [-0.4, -0.2) is 24.7 Å². The van der Waals surface area contributed by atoms with E-state index in [4.69, 9.17) is 5.84 Å². The van der Waals surface area contributed by atoms with Gasteiger partial charge in [-0.3, -0.25) is 9.99 Å². The van der Waals surface area contributed by atoms with E-state index in [9.17, 15) is 4.79 Å². The van der Waals surface area contributed by atoms with Crippen LogP contribution in [0, 0.1) is 0 Å². The minimum Gasteiger partial charge on any atom is -0.292 e. The van der Waals surface area contributed by atoms with Crippen LogP contribution >= 0.6 is 11.8 Å². The van der Waals surface area contributed by atoms with Gasteiger partial charge in [0, 0.05) is 13.2 Å². The van der Waals surface area contributed by atoms with Crippen LogP contribution in [-0.2, 0) is 7.05 Å². The zero-order valence-corrected chi connectivity index (χ0v) is 9.15. The van der Waals surface area contributed by atoms with Crippen molar-refractivity contribution < 1.29 is 0 Å². The molecule has 0 amide bonds. The number of hydrogen-bond donors (Lipinski definition) is 3. The van der Waals surface area contributed by atoms with E-state index in [-0.39, 0.29) is 5.69 Å². The van der Waals surface area contributed by atoms with E-state index in [0.29, 0.717) is 16.1 Å². The zero-order valence-electron chi connectivity index (χ0n) is 8.34. The van der Waals surface area contributed by atoms with Crippen molar-refractivity contribution in [3.63, 3.8) is 0 Å². The molecule has 0 radical (unpaired) electrons. The Kier molecular flexibility index (Phi) is 2.88. The molecule has 0 fully saturated rings. The molecule has 0 saturated heterocycles. The standard InChI is InChI=1S/C7H9N7OS/c1-14-6(15)12-13-7(14)16-4-2-3-9-5(10-4)11-8/h2-3H,8H2,1H3,(H,12,15)(H,9,10,11). The molecule has 2 heterocycles. The van der Waals surface area contributed by atoms with Gasteiger partial charge < -0.3 is 0 Å². The van der Waals surface area contributed by atoms with Gasteiger partial charge in [-0.1, -0.05) is 0 Å². The Morgan fingerprint density at radius 1 is 1.62 bits per heavy atom. The summed E-state index contributed by atoms with van der Waals surface area (Å²) in [6, 6.07) is 1.70. The zero-order chi connectivity index (χ0) is 11.5. The summed E-state index contributed by atoms with van der Waals surface area (Å²) >= 11 is 1.24. The fraction of sp³-hybridized carbons (Fsp3) is 0.143. The summed E-state index contributed by atoms with van der Waals surface area (Å²) < 4.78 is 1.39. The molecule has 0 aliphatic heterocycles. The number of hydrazine groups is 1. The maximum absolute atomic E-state index is 11.1. The molecule has 0 unspecified atom stereocenters. The van der Waals surface area contributed by atoms with Gasteiger partial charge in [0.1, 0.15) is 5.03 Å². The summed E-state index contributed by atoms with van der Waals surface area (Å²) in [5.41, 5.74) is 2.07. The minimum atomic E-state index is -0.270. The van der Waals surface area contributed by atoms with Crippen molar-refractivity contribution in [2.45, 2.75) is 10.2 Å². The SMILES string of the molecule is Cn1c(Sc2ccnc(NN)n2)n[nH]c1=O. The van der Waals surface area contributed by atoms with Gasteiger partial charge in [0.15, 0.2) is 5.16 Å². The number of nitrogen functional groups attached to an aromatic ring is 1. The summed E-state index contributed by atoms with van der Waals surface area (Å²) in [5, 5.41) is 7.34. The minimum absolute atomic E-state index is 0.270. The predicted octanol–water partition coefficient (Wildman–Crippen LogP) is -0.665. The summed E-state index contributed by atoms with van der Waals surface area (Å²) in [6.45, 7) is 0. The number of aromatic amines is 1. The van der Waals surface area contributed by atoms with Crippen molar-refractivity contribution in [3.8, 4) is 0 Å². The Balaban J connectivity index is 2.26. The number of aromatic nitrogens is 5. The van der Waals surface area contributed by atoms with Crippen molar-refractivity contribution in [1.82, 2.24) is 24.7 Å². The van der Waals surface area contributed by atoms with Crippen LogP contribution in [0.15, 0.2) is 27.2 Å². The van der Waals surface area contributed by atoms with Gasteiger partial charge in [0.25, 0.3) is 0 Å². The van der Waals surface area contributed by atoms with Gasteiger partial charge in [-0.05, 0) is 17.8 Å². The normalized spacial score (nSPS) is 10.4. The lowest BCUT2D eigenvalue weighted by atomic mass is 10.7. The molecule has 0 atom stereocenters. The molecule has 16 heavy (non-hydrogen) atoms. The van der Waals surface area contributed by atoms with Crippen LogP contribution in [0.2, 0.25) is 0 Å². The highest BCUT2D eigenvalue weighted by atomic mass is 32.2. The van der Waals surface area contributed by atoms with Crippen LogP contribution in [0.4, 0.5) is 5.95 Å². The fourth-order valence-electron chi connectivity index (χ4n) is 0.986. The van der Waals surface area contributed by atoms with Crippen molar-refractivity contribution in [2.24, 2.45) is 12.9 Å². The summed E-state index contributed by atoms with van der Waals surface area (Å²) in [6.07, 6.45) is 1.56. The molecule has 2 aromatic rings. The summed E-state index contributed by atoms with van der Waals surface area (Å²) in [5.74, 6) is 5.50. The van der Waals surface area contributed by atoms with E-state index in [1.165, 1.54) is 16.3 Å². The summed E-state index contributed by atoms with van der Waals surface area (Å²) in [4.78, 5) is 19.1. The molecule has 2 aromatic heterocycles. The Morgan fingerprint density at radius 2 is 2.44 bits per heavy atom. The van der Waals surface area contributed by atoms with E-state index in [1.54, 1.807) is 19.3 Å². The molecule has 0 aliphatic carbocycles. The third kappa shape index (κ3) is 2.04. The number of nitrogens with two attached hydrogens (primary N) is 1. The number of nitrogens with zero attached hydrogens (tertiary/aromatic N) is 4. The van der Waals surface area contributed by atoms with Crippen molar-refractivity contribution >= 4 is 17.7 Å². The topological polar surface area (TPSA) is 115 Å². The van der Waals surface area contributed by atoms with Gasteiger partial charge >= 0.3 is 5.69 Å². The van der Waals surface area contributed by atoms with Crippen LogP contribution < -0.4 is 17.0 Å². The van der Waals surface area contributed by atoms with Gasteiger partial charge in [-0.2, -0.15) is 0 Å². The molecular formula is C7H9N7OS. The second-order valence-electron chi connectivity index (χ2n) is 2.84. The first kappa shape index (κ1) is 10.6. The van der Waals surface area contributed by atoms with Crippen molar-refractivity contribution in [1.29, 1.82) is 0 Å². The van der Waals surface area contributed by atoms with Gasteiger partial charge in [-0.25, -0.2) is 25.7 Å². The third-order valence-electron chi connectivity index (χ3n) is 1.79. The molecule has 0 spiro atoms. The number of hydrogen-bond acceptors (Lipinski definition) is 7. The van der Waals surface area contributed by atoms with Crippen LogP contribution in [0.25, 0.3) is 0 Å². The van der Waals surface area contributed by atoms with Gasteiger partial charge in [0.2, 0.25) is 5.95 Å². The highest BCUT2D eigenvalue weighted by molar-refractivity contribution is 7.99. The Hall–Kier alpha value is -1.87. The molecule has 0 aliphatic rings. The monoisotopic (exact) mass is 239 g/mol. The number of anilines is 1. The first-order valence-corrected chi connectivity index (χ1v) is 5.11. The average molecular weight is 239 g/mol. The molecule has 0 bridgehead atoms. The second kappa shape index (κ2) is 4.33. The molecular weight excluding hydrogens is 230 g/mol. The van der Waals surface area contributed by atoms with E-state index >= 15 is 0 Å². The molecule has 0 saturated carbocycles. The van der Waals surface area contributed by atoms with Gasteiger partial charge in [0.05, 0.1) is 0 Å². The van der Waals surface area contributed by atoms with E-state index in [1.807, 2.05) is 0 Å². The Labute approximate surface area is 94.3 Å². The van der Waals surface area contributed by atoms with Crippen molar-refractivity contribution in [3.05, 3.63) is 22.7 Å². The number of rotatable bonds is 3. The van der Waals surface area contributed by atoms with Crippen molar-refractivity contribution in [2.75, 3.05) is 5.43 Å². The van der Waals surface area contributed by atoms with E-state index < -0.39 is 0 Å². The highest BCUT2D eigenvalue weighted by Gasteiger charge is 2.07. The lowest BCUT2D eigenvalue weighted by molar-refractivity contribution is 0.764. The third-order valence-corrected chi connectivity index (χ3v) is 2.78. The van der Waals surface area contributed by atoms with E-state index in [2.05, 4.69) is 25.6 Å². The van der Waals surface area contributed by atoms with Crippen LogP contribution in [0.5, 0.6) is 0 Å². The quantitative estimate of drug-likeness (QED) is 0.370. The molecule has 9 heteroatoms. The summed E-state index contributed by atoms with van der Waals surface area (Å²) in [7, 11) is 1.62. The molecule has 4 N–H and O–H groups in total. The highest BCUT2D eigenvalue weighted by Crippen LogP contribution is 2.22. The number of H-pyrrole nitrogens is 1. The van der Waals surface area contributed by atoms with Crippen LogP contribution in [0.1, 0.15) is 0 Å². The fourth-order valence-corrected chi connectivity index (χ4v) is 1.75. The smallest absolute Gasteiger partial charge is 0.292 e. The lowest BCUT2D eigenvalue weighted by Gasteiger charge is -2.01. The largest absolute Gasteiger partial charge is 0.343 e. The maximum Gasteiger partial charge on any atom is 0.343 e. The average Bonchev–Trinajstić information content (AvgIpc) is 2.61. The maximum atomic E-state index is 11.1.